The molecular formula is C15H23N5O2. The number of H-pyrrole nitrogens is 1. The van der Waals surface area contributed by atoms with E-state index in [-0.39, 0.29) is 0 Å². The van der Waals surface area contributed by atoms with Crippen molar-refractivity contribution in [3.05, 3.63) is 36.4 Å². The van der Waals surface area contributed by atoms with Crippen LogP contribution in [0.25, 0.3) is 0 Å². The van der Waals surface area contributed by atoms with Gasteiger partial charge in [-0.05, 0) is 20.8 Å². The number of imidazole rings is 2. The number of amides is 1. The van der Waals surface area contributed by atoms with E-state index < -0.39 is 11.7 Å². The molecule has 0 aromatic carbocycles. The molecule has 0 fully saturated rings. The van der Waals surface area contributed by atoms with Crippen molar-refractivity contribution in [2.75, 3.05) is 6.54 Å². The number of aromatic amines is 1. The molecule has 2 aromatic heterocycles. The van der Waals surface area contributed by atoms with Gasteiger partial charge in [0.15, 0.2) is 0 Å². The number of nitrogens with one attached hydrogen (secondary N) is 2. The number of ether oxygens (including phenoxy) is 1. The van der Waals surface area contributed by atoms with E-state index in [0.717, 1.165) is 24.4 Å². The van der Waals surface area contributed by atoms with Crippen LogP contribution in [0.2, 0.25) is 0 Å². The first-order valence-corrected chi connectivity index (χ1v) is 7.37. The number of alkyl carbamates (subject to hydrolysis) is 1. The van der Waals surface area contributed by atoms with E-state index in [9.17, 15) is 4.79 Å². The van der Waals surface area contributed by atoms with E-state index in [1.165, 1.54) is 0 Å². The molecule has 0 saturated heterocycles. The zero-order valence-corrected chi connectivity index (χ0v) is 13.3. The van der Waals surface area contributed by atoms with Crippen LogP contribution in [0.3, 0.4) is 0 Å². The minimum absolute atomic E-state index is 0.393. The molecule has 120 valence electrons. The van der Waals surface area contributed by atoms with Gasteiger partial charge in [0.05, 0.1) is 12.7 Å². The van der Waals surface area contributed by atoms with Gasteiger partial charge < -0.3 is 19.6 Å². The van der Waals surface area contributed by atoms with Gasteiger partial charge in [0.2, 0.25) is 0 Å². The monoisotopic (exact) mass is 305 g/mol. The Bertz CT molecular complexity index is 583. The van der Waals surface area contributed by atoms with E-state index in [1.807, 2.05) is 33.2 Å². The Hall–Kier alpha value is -2.31. The molecule has 0 atom stereocenters. The zero-order chi connectivity index (χ0) is 16.0. The summed E-state index contributed by atoms with van der Waals surface area (Å²) in [5.74, 6) is 0. The van der Waals surface area contributed by atoms with Crippen molar-refractivity contribution in [2.45, 2.75) is 45.8 Å². The summed E-state index contributed by atoms with van der Waals surface area (Å²) in [5, 5.41) is 2.76. The highest BCUT2D eigenvalue weighted by atomic mass is 16.6. The minimum atomic E-state index is -0.476. The molecule has 0 unspecified atom stereocenters. The summed E-state index contributed by atoms with van der Waals surface area (Å²) >= 11 is 0. The van der Waals surface area contributed by atoms with Gasteiger partial charge in [-0.2, -0.15) is 0 Å². The van der Waals surface area contributed by atoms with E-state index >= 15 is 0 Å². The van der Waals surface area contributed by atoms with Crippen molar-refractivity contribution in [3.63, 3.8) is 0 Å². The Kier molecular flexibility index (Phi) is 5.19. The molecule has 22 heavy (non-hydrogen) atoms. The van der Waals surface area contributed by atoms with Crippen LogP contribution < -0.4 is 5.32 Å². The van der Waals surface area contributed by atoms with Gasteiger partial charge >= 0.3 is 6.09 Å². The first-order chi connectivity index (χ1) is 10.4. The fourth-order valence-corrected chi connectivity index (χ4v) is 2.03. The van der Waals surface area contributed by atoms with Gasteiger partial charge in [0, 0.05) is 49.7 Å². The number of carbonyl (C=O) groups is 1. The van der Waals surface area contributed by atoms with Crippen molar-refractivity contribution in [1.29, 1.82) is 0 Å². The van der Waals surface area contributed by atoms with E-state index in [4.69, 9.17) is 4.74 Å². The Morgan fingerprint density at radius 2 is 2.14 bits per heavy atom. The Labute approximate surface area is 130 Å². The molecule has 1 amide bonds. The van der Waals surface area contributed by atoms with Crippen LogP contribution in [0.4, 0.5) is 4.79 Å². The number of aromatic nitrogens is 4. The molecule has 0 aliphatic heterocycles. The topological polar surface area (TPSA) is 84.8 Å². The maximum absolute atomic E-state index is 11.6. The highest BCUT2D eigenvalue weighted by Gasteiger charge is 2.15. The number of carbonyl (C=O) groups excluding carboxylic acids is 1. The van der Waals surface area contributed by atoms with Crippen molar-refractivity contribution < 1.29 is 9.53 Å². The lowest BCUT2D eigenvalue weighted by Gasteiger charge is -2.19. The van der Waals surface area contributed by atoms with Crippen molar-refractivity contribution in [3.8, 4) is 0 Å². The van der Waals surface area contributed by atoms with Crippen LogP contribution in [-0.4, -0.2) is 37.8 Å². The van der Waals surface area contributed by atoms with Gasteiger partial charge in [-0.15, -0.1) is 0 Å². The van der Waals surface area contributed by atoms with Crippen LogP contribution >= 0.6 is 0 Å². The summed E-state index contributed by atoms with van der Waals surface area (Å²) in [6.45, 7) is 6.87. The molecule has 2 aromatic rings. The maximum atomic E-state index is 11.6. The summed E-state index contributed by atoms with van der Waals surface area (Å²) in [6, 6.07) is 0. The van der Waals surface area contributed by atoms with Crippen LogP contribution in [0.15, 0.2) is 25.0 Å². The van der Waals surface area contributed by atoms with E-state index in [0.29, 0.717) is 13.0 Å². The Balaban J connectivity index is 1.76. The molecule has 0 bridgehead atoms. The first-order valence-electron chi connectivity index (χ1n) is 7.37. The van der Waals surface area contributed by atoms with Gasteiger partial charge in [-0.3, -0.25) is 0 Å². The molecule has 2 N–H and O–H groups in total. The van der Waals surface area contributed by atoms with Crippen molar-refractivity contribution >= 4 is 6.09 Å². The second-order valence-corrected chi connectivity index (χ2v) is 6.08. The molecular weight excluding hydrogens is 282 g/mol. The quantitative estimate of drug-likeness (QED) is 0.854. The molecule has 7 heteroatoms. The normalized spacial score (nSPS) is 11.4. The molecule has 0 radical (unpaired) electrons. The second kappa shape index (κ2) is 7.11. The molecule has 7 nitrogen and oxygen atoms in total. The van der Waals surface area contributed by atoms with Crippen molar-refractivity contribution in [1.82, 2.24) is 24.8 Å². The largest absolute Gasteiger partial charge is 0.444 e. The minimum Gasteiger partial charge on any atom is -0.444 e. The third-order valence-electron chi connectivity index (χ3n) is 3.02. The standard InChI is InChI=1S/C15H23N5O2/c1-15(2,3)22-14(21)18-6-4-13-9-17-11-20(13)7-5-12-8-16-10-19-12/h8-11H,4-7H2,1-3H3,(H,16,19)(H,18,21). The molecule has 0 aliphatic carbocycles. The van der Waals surface area contributed by atoms with Gasteiger partial charge in [0.25, 0.3) is 0 Å². The first kappa shape index (κ1) is 16.1. The summed E-state index contributed by atoms with van der Waals surface area (Å²) < 4.78 is 7.28. The lowest BCUT2D eigenvalue weighted by atomic mass is 10.2. The predicted octanol–water partition coefficient (Wildman–Crippen LogP) is 1.92. The SMILES string of the molecule is CC(C)(C)OC(=O)NCCc1cncn1CCc1cnc[nH]1. The van der Waals surface area contributed by atoms with Crippen LogP contribution in [0.1, 0.15) is 32.2 Å². The van der Waals surface area contributed by atoms with Gasteiger partial charge in [-0.1, -0.05) is 0 Å². The number of aryl methyl sites for hydroxylation is 2. The lowest BCUT2D eigenvalue weighted by molar-refractivity contribution is 0.0528. The summed E-state index contributed by atoms with van der Waals surface area (Å²) in [4.78, 5) is 22.8. The maximum Gasteiger partial charge on any atom is 0.407 e. The number of rotatable bonds is 6. The fourth-order valence-electron chi connectivity index (χ4n) is 2.03. The second-order valence-electron chi connectivity index (χ2n) is 6.08. The molecule has 0 spiro atoms. The Morgan fingerprint density at radius 1 is 1.32 bits per heavy atom. The van der Waals surface area contributed by atoms with E-state index in [1.54, 1.807) is 12.7 Å². The van der Waals surface area contributed by atoms with Crippen molar-refractivity contribution in [2.24, 2.45) is 0 Å². The van der Waals surface area contributed by atoms with Gasteiger partial charge in [0.1, 0.15) is 5.60 Å². The summed E-state index contributed by atoms with van der Waals surface area (Å²) in [7, 11) is 0. The lowest BCUT2D eigenvalue weighted by Crippen LogP contribution is -2.33. The molecule has 2 heterocycles. The smallest absolute Gasteiger partial charge is 0.407 e. The van der Waals surface area contributed by atoms with Crippen LogP contribution in [0.5, 0.6) is 0 Å². The highest BCUT2D eigenvalue weighted by Crippen LogP contribution is 2.07. The highest BCUT2D eigenvalue weighted by molar-refractivity contribution is 5.67. The van der Waals surface area contributed by atoms with Crippen LogP contribution in [-0.2, 0) is 24.1 Å². The summed E-state index contributed by atoms with van der Waals surface area (Å²) in [5.41, 5.74) is 1.69. The number of hydrogen-bond donors (Lipinski definition) is 2. The summed E-state index contributed by atoms with van der Waals surface area (Å²) in [6.07, 6.45) is 8.31. The van der Waals surface area contributed by atoms with Crippen LogP contribution in [0, 0.1) is 0 Å². The molecule has 0 aliphatic rings. The Morgan fingerprint density at radius 3 is 2.82 bits per heavy atom. The predicted molar refractivity (Wildman–Crippen MR) is 82.5 cm³/mol. The molecule has 2 rings (SSSR count). The average molecular weight is 305 g/mol. The third kappa shape index (κ3) is 5.23. The number of nitrogens with zero attached hydrogens (tertiary/aromatic N) is 3. The molecule has 0 saturated carbocycles. The fraction of sp³-hybridized carbons (Fsp3) is 0.533. The number of hydrogen-bond acceptors (Lipinski definition) is 4. The average Bonchev–Trinajstić information content (AvgIpc) is 3.04. The third-order valence-corrected chi connectivity index (χ3v) is 3.02. The van der Waals surface area contributed by atoms with E-state index in [2.05, 4.69) is 24.8 Å². The van der Waals surface area contributed by atoms with Gasteiger partial charge in [-0.25, -0.2) is 14.8 Å². The zero-order valence-electron chi connectivity index (χ0n) is 13.3.